The van der Waals surface area contributed by atoms with Crippen molar-refractivity contribution in [3.8, 4) is 0 Å². The van der Waals surface area contributed by atoms with Gasteiger partial charge >= 0.3 is 0 Å². The molecular weight excluding hydrogens is 204 g/mol. The normalized spacial score (nSPS) is 8.69. The first-order valence-electron chi connectivity index (χ1n) is 3.64. The van der Waals surface area contributed by atoms with Crippen molar-refractivity contribution in [1.29, 1.82) is 0 Å². The fourth-order valence-corrected chi connectivity index (χ4v) is 1.18. The van der Waals surface area contributed by atoms with Crippen LogP contribution in [0.4, 0.5) is 5.13 Å². The lowest BCUT2D eigenvalue weighted by Gasteiger charge is -1.80. The zero-order chi connectivity index (χ0) is 9.52. The molecule has 0 aliphatic heterocycles. The number of anilines is 1. The summed E-state index contributed by atoms with van der Waals surface area (Å²) in [7, 11) is 0. The summed E-state index contributed by atoms with van der Waals surface area (Å²) in [5, 5.41) is 3.27. The minimum absolute atomic E-state index is 0.634. The van der Waals surface area contributed by atoms with E-state index in [0.29, 0.717) is 5.13 Å². The quantitative estimate of drug-likeness (QED) is 0.729. The third kappa shape index (κ3) is 4.50. The van der Waals surface area contributed by atoms with Crippen molar-refractivity contribution >= 4 is 28.1 Å². The maximum Gasteiger partial charge on any atom is 0.179 e. The van der Waals surface area contributed by atoms with Crippen molar-refractivity contribution in [3.05, 3.63) is 46.9 Å². The summed E-state index contributed by atoms with van der Waals surface area (Å²) < 4.78 is 0. The van der Waals surface area contributed by atoms with Gasteiger partial charge in [0.15, 0.2) is 5.13 Å². The van der Waals surface area contributed by atoms with Crippen molar-refractivity contribution in [3.63, 3.8) is 0 Å². The van der Waals surface area contributed by atoms with Crippen molar-refractivity contribution in [2.24, 2.45) is 0 Å². The van der Waals surface area contributed by atoms with Crippen LogP contribution in [0, 0.1) is 0 Å². The standard InChI is InChI=1S/C6H5Cl.C3H4N2S/c7-6-4-2-1-3-5-6;4-3-5-1-2-6-3/h1-5H;1-2H,(H2,4,5). The monoisotopic (exact) mass is 212 g/mol. The second-order valence-corrected chi connectivity index (χ2v) is 3.53. The summed E-state index contributed by atoms with van der Waals surface area (Å²) in [5.41, 5.74) is 5.19. The molecule has 2 nitrogen and oxygen atoms in total. The molecule has 0 fully saturated rings. The van der Waals surface area contributed by atoms with Gasteiger partial charge in [0.2, 0.25) is 0 Å². The zero-order valence-electron chi connectivity index (χ0n) is 6.85. The van der Waals surface area contributed by atoms with Crippen LogP contribution in [0.25, 0.3) is 0 Å². The van der Waals surface area contributed by atoms with Crippen LogP contribution >= 0.6 is 22.9 Å². The molecule has 0 radical (unpaired) electrons. The maximum atomic E-state index is 5.54. The molecule has 0 spiro atoms. The molecule has 1 aromatic heterocycles. The first kappa shape index (κ1) is 10.0. The highest BCUT2D eigenvalue weighted by molar-refractivity contribution is 7.13. The molecule has 0 unspecified atom stereocenters. The first-order chi connectivity index (χ1) is 6.29. The van der Waals surface area contributed by atoms with Crippen LogP contribution in [0.5, 0.6) is 0 Å². The van der Waals surface area contributed by atoms with E-state index in [4.69, 9.17) is 17.3 Å². The van der Waals surface area contributed by atoms with Gasteiger partial charge < -0.3 is 5.73 Å². The van der Waals surface area contributed by atoms with Gasteiger partial charge in [-0.25, -0.2) is 4.98 Å². The molecule has 2 N–H and O–H groups in total. The number of aromatic nitrogens is 1. The molecule has 0 amide bonds. The Labute approximate surface area is 86.0 Å². The van der Waals surface area contributed by atoms with E-state index in [9.17, 15) is 0 Å². The average molecular weight is 213 g/mol. The molecule has 68 valence electrons. The van der Waals surface area contributed by atoms with E-state index in [1.54, 1.807) is 6.20 Å². The third-order valence-electron chi connectivity index (χ3n) is 1.18. The minimum Gasteiger partial charge on any atom is -0.375 e. The summed E-state index contributed by atoms with van der Waals surface area (Å²) in [5.74, 6) is 0. The summed E-state index contributed by atoms with van der Waals surface area (Å²) in [6, 6.07) is 9.44. The number of benzene rings is 1. The molecule has 0 atom stereocenters. The average Bonchev–Trinajstić information content (AvgIpc) is 2.58. The van der Waals surface area contributed by atoms with Gasteiger partial charge in [-0.15, -0.1) is 11.3 Å². The number of halogens is 1. The van der Waals surface area contributed by atoms with E-state index in [1.165, 1.54) is 11.3 Å². The SMILES string of the molecule is Clc1ccccc1.Nc1nccs1. The molecular formula is C9H9ClN2S. The second kappa shape index (κ2) is 5.56. The lowest BCUT2D eigenvalue weighted by Crippen LogP contribution is -1.77. The van der Waals surface area contributed by atoms with Gasteiger partial charge in [-0.3, -0.25) is 0 Å². The van der Waals surface area contributed by atoms with Crippen LogP contribution in [0.1, 0.15) is 0 Å². The van der Waals surface area contributed by atoms with Gasteiger partial charge in [-0.2, -0.15) is 0 Å². The molecule has 2 rings (SSSR count). The smallest absolute Gasteiger partial charge is 0.179 e. The molecule has 4 heteroatoms. The summed E-state index contributed by atoms with van der Waals surface area (Å²) in [6.45, 7) is 0. The number of nitrogens with zero attached hydrogens (tertiary/aromatic N) is 1. The van der Waals surface area contributed by atoms with E-state index in [2.05, 4.69) is 4.98 Å². The summed E-state index contributed by atoms with van der Waals surface area (Å²) in [6.07, 6.45) is 1.68. The van der Waals surface area contributed by atoms with Crippen molar-refractivity contribution in [2.75, 3.05) is 5.73 Å². The third-order valence-corrected chi connectivity index (χ3v) is 2.04. The van der Waals surface area contributed by atoms with Gasteiger partial charge in [0, 0.05) is 16.6 Å². The van der Waals surface area contributed by atoms with E-state index in [0.717, 1.165) is 5.02 Å². The fraction of sp³-hybridized carbons (Fsp3) is 0. The zero-order valence-corrected chi connectivity index (χ0v) is 8.42. The summed E-state index contributed by atoms with van der Waals surface area (Å²) >= 11 is 6.98. The van der Waals surface area contributed by atoms with E-state index in [-0.39, 0.29) is 0 Å². The van der Waals surface area contributed by atoms with Crippen LogP contribution < -0.4 is 5.73 Å². The highest BCUT2D eigenvalue weighted by Gasteiger charge is 1.76. The number of thiazole rings is 1. The van der Waals surface area contributed by atoms with Gasteiger partial charge in [0.1, 0.15) is 0 Å². The minimum atomic E-state index is 0.634. The first-order valence-corrected chi connectivity index (χ1v) is 4.90. The molecule has 1 heterocycles. The highest BCUT2D eigenvalue weighted by Crippen LogP contribution is 2.03. The molecule has 0 bridgehead atoms. The summed E-state index contributed by atoms with van der Waals surface area (Å²) in [4.78, 5) is 3.71. The highest BCUT2D eigenvalue weighted by atomic mass is 35.5. The molecule has 13 heavy (non-hydrogen) atoms. The van der Waals surface area contributed by atoms with Gasteiger partial charge in [-0.05, 0) is 12.1 Å². The fourth-order valence-electron chi connectivity index (χ4n) is 0.649. The lowest BCUT2D eigenvalue weighted by molar-refractivity contribution is 1.43. The molecule has 0 aliphatic rings. The number of nitrogen functional groups attached to an aromatic ring is 1. The van der Waals surface area contributed by atoms with Gasteiger partial charge in [-0.1, -0.05) is 29.8 Å². The molecule has 0 saturated carbocycles. The van der Waals surface area contributed by atoms with Crippen LogP contribution in [-0.2, 0) is 0 Å². The Bertz CT molecular complexity index is 321. The number of hydrogen-bond acceptors (Lipinski definition) is 3. The van der Waals surface area contributed by atoms with Crippen LogP contribution in [0.2, 0.25) is 5.02 Å². The molecule has 0 aliphatic carbocycles. The predicted molar refractivity (Wildman–Crippen MR) is 58.0 cm³/mol. The molecule has 2 aromatic rings. The van der Waals surface area contributed by atoms with Gasteiger partial charge in [0.05, 0.1) is 0 Å². The Balaban J connectivity index is 0.000000132. The second-order valence-electron chi connectivity index (χ2n) is 2.17. The number of hydrogen-bond donors (Lipinski definition) is 1. The molecule has 1 aromatic carbocycles. The Morgan fingerprint density at radius 2 is 1.92 bits per heavy atom. The molecule has 0 saturated heterocycles. The predicted octanol–water partition coefficient (Wildman–Crippen LogP) is 3.07. The Hall–Kier alpha value is -1.06. The topological polar surface area (TPSA) is 38.9 Å². The Kier molecular flexibility index (Phi) is 4.29. The Morgan fingerprint density at radius 3 is 2.15 bits per heavy atom. The van der Waals surface area contributed by atoms with Crippen molar-refractivity contribution in [1.82, 2.24) is 4.98 Å². The maximum absolute atomic E-state index is 5.54. The van der Waals surface area contributed by atoms with Gasteiger partial charge in [0.25, 0.3) is 0 Å². The van der Waals surface area contributed by atoms with Crippen molar-refractivity contribution < 1.29 is 0 Å². The largest absolute Gasteiger partial charge is 0.375 e. The van der Waals surface area contributed by atoms with E-state index >= 15 is 0 Å². The van der Waals surface area contributed by atoms with Crippen LogP contribution in [-0.4, -0.2) is 4.98 Å². The van der Waals surface area contributed by atoms with Crippen molar-refractivity contribution in [2.45, 2.75) is 0 Å². The Morgan fingerprint density at radius 1 is 1.23 bits per heavy atom. The van der Waals surface area contributed by atoms with E-state index in [1.807, 2.05) is 35.7 Å². The van der Waals surface area contributed by atoms with Crippen LogP contribution in [0.15, 0.2) is 41.9 Å². The lowest BCUT2D eigenvalue weighted by atomic mass is 10.4. The van der Waals surface area contributed by atoms with E-state index < -0.39 is 0 Å². The van der Waals surface area contributed by atoms with Crippen LogP contribution in [0.3, 0.4) is 0 Å². The number of nitrogens with two attached hydrogens (primary N) is 1. The number of rotatable bonds is 0.